The molecule has 398 valence electrons. The second-order valence-corrected chi connectivity index (χ2v) is 24.5. The van der Waals surface area contributed by atoms with Gasteiger partial charge in [0, 0.05) is 44.4 Å². The molecule has 0 aromatic heterocycles. The van der Waals surface area contributed by atoms with E-state index >= 15 is 0 Å². The van der Waals surface area contributed by atoms with E-state index in [-0.39, 0.29) is 0 Å². The number of hydrogen-bond donors (Lipinski definition) is 0. The summed E-state index contributed by atoms with van der Waals surface area (Å²) in [6.07, 6.45) is 0. The van der Waals surface area contributed by atoms with Crippen LogP contribution in [0, 0.1) is 56.2 Å². The van der Waals surface area contributed by atoms with Gasteiger partial charge in [-0.25, -0.2) is 0 Å². The van der Waals surface area contributed by atoms with E-state index in [0.717, 1.165) is 66.4 Å². The number of fused-ring (bicyclic) bond motifs is 14. The Balaban J connectivity index is 1.22. The van der Waals surface area contributed by atoms with E-state index in [1.54, 1.807) is 0 Å². The van der Waals surface area contributed by atoms with Gasteiger partial charge < -0.3 is 9.80 Å². The van der Waals surface area contributed by atoms with Crippen molar-refractivity contribution in [3.63, 3.8) is 0 Å². The van der Waals surface area contributed by atoms with Gasteiger partial charge in [0.1, 0.15) is 0 Å². The van der Waals surface area contributed by atoms with Crippen molar-refractivity contribution in [2.24, 2.45) is 10.8 Å². The van der Waals surface area contributed by atoms with Gasteiger partial charge in [-0.1, -0.05) is 163 Å². The Bertz CT molecular complexity index is 4470. The molecule has 2 aliphatic rings. The molecule has 0 radical (unpaired) electrons. The van der Waals surface area contributed by atoms with Gasteiger partial charge in [-0.15, -0.1) is 0 Å². The van der Waals surface area contributed by atoms with Gasteiger partial charge in [0.15, 0.2) is 0 Å². The largest absolute Gasteiger partial charge is 0.310 e. The van der Waals surface area contributed by atoms with Crippen molar-refractivity contribution < 1.29 is 0 Å². The number of nitriles is 4. The molecule has 0 heterocycles. The lowest BCUT2D eigenvalue weighted by Gasteiger charge is -2.62. The number of anilines is 6. The lowest BCUT2D eigenvalue weighted by molar-refractivity contribution is 0.0596. The average Bonchev–Trinajstić information content (AvgIpc) is 1.50. The zero-order valence-corrected chi connectivity index (χ0v) is 47.6. The quantitative estimate of drug-likeness (QED) is 0.158. The Morgan fingerprint density at radius 2 is 0.548 bits per heavy atom. The molecule has 2 atom stereocenters. The van der Waals surface area contributed by atoms with Crippen molar-refractivity contribution in [1.29, 1.82) is 21.0 Å². The molecule has 12 aromatic carbocycles. The minimum absolute atomic E-state index is 0.563. The van der Waals surface area contributed by atoms with Crippen LogP contribution in [0.4, 0.5) is 34.1 Å². The molecule has 0 amide bonds. The molecule has 84 heavy (non-hydrogen) atoms. The third kappa shape index (κ3) is 7.12. The van der Waals surface area contributed by atoms with Crippen LogP contribution < -0.4 is 9.80 Å². The normalized spacial score (nSPS) is 15.8. The predicted molar refractivity (Wildman–Crippen MR) is 342 cm³/mol. The van der Waals surface area contributed by atoms with Crippen LogP contribution in [0.1, 0.15) is 86.1 Å². The van der Waals surface area contributed by atoms with Crippen molar-refractivity contribution >= 4 is 77.2 Å². The van der Waals surface area contributed by atoms with Crippen LogP contribution in [0.15, 0.2) is 231 Å². The molecule has 14 rings (SSSR count). The molecule has 6 nitrogen and oxygen atoms in total. The third-order valence-electron chi connectivity index (χ3n) is 18.3. The number of rotatable bonds is 7. The monoisotopic (exact) mass is 1080 g/mol. The summed E-state index contributed by atoms with van der Waals surface area (Å²) in [5.74, 6) is 0. The molecule has 12 aromatic rings. The summed E-state index contributed by atoms with van der Waals surface area (Å²) in [5.41, 5.74) is 14.5. The fourth-order valence-electron chi connectivity index (χ4n) is 15.4. The molecule has 0 spiro atoms. The molecular formula is C78H56N6. The van der Waals surface area contributed by atoms with Crippen LogP contribution in [0.25, 0.3) is 65.3 Å². The van der Waals surface area contributed by atoms with Crippen LogP contribution in [-0.4, -0.2) is 0 Å². The molecule has 0 N–H and O–H groups in total. The highest BCUT2D eigenvalue weighted by atomic mass is 15.2. The second kappa shape index (κ2) is 18.9. The number of nitrogens with zero attached hydrogens (tertiary/aromatic N) is 6. The summed E-state index contributed by atoms with van der Waals surface area (Å²) in [6, 6.07) is 90.8. The predicted octanol–water partition coefficient (Wildman–Crippen LogP) is 20.1. The lowest BCUT2D eigenvalue weighted by atomic mass is 9.39. The van der Waals surface area contributed by atoms with Crippen molar-refractivity contribution in [2.75, 3.05) is 9.80 Å². The van der Waals surface area contributed by atoms with E-state index in [2.05, 4.69) is 209 Å². The number of hydrogen-bond acceptors (Lipinski definition) is 6. The molecule has 0 fully saturated rings. The molecule has 2 aliphatic carbocycles. The van der Waals surface area contributed by atoms with Crippen molar-refractivity contribution in [2.45, 2.75) is 52.4 Å². The van der Waals surface area contributed by atoms with Crippen molar-refractivity contribution in [3.05, 3.63) is 275 Å². The zero-order chi connectivity index (χ0) is 57.9. The minimum atomic E-state index is -0.900. The van der Waals surface area contributed by atoms with E-state index < -0.39 is 21.7 Å². The first-order valence-corrected chi connectivity index (χ1v) is 28.6. The summed E-state index contributed by atoms with van der Waals surface area (Å²) < 4.78 is 0. The Morgan fingerprint density at radius 1 is 0.286 bits per heavy atom. The van der Waals surface area contributed by atoms with Gasteiger partial charge >= 0.3 is 0 Å². The Morgan fingerprint density at radius 3 is 0.833 bits per heavy atom. The Kier molecular flexibility index (Phi) is 11.6. The molecular weight excluding hydrogens is 1020 g/mol. The molecule has 0 saturated heterocycles. The van der Waals surface area contributed by atoms with E-state index in [1.165, 1.54) is 55.3 Å². The summed E-state index contributed by atoms with van der Waals surface area (Å²) in [5, 5.41) is 49.6. The highest BCUT2D eigenvalue weighted by Gasteiger charge is 2.71. The van der Waals surface area contributed by atoms with Crippen LogP contribution in [0.5, 0.6) is 0 Å². The van der Waals surface area contributed by atoms with E-state index in [4.69, 9.17) is 0 Å². The summed E-state index contributed by atoms with van der Waals surface area (Å²) in [4.78, 5) is 4.62. The maximum Gasteiger partial charge on any atom is 0.0991 e. The van der Waals surface area contributed by atoms with Gasteiger partial charge in [0.2, 0.25) is 0 Å². The summed E-state index contributed by atoms with van der Waals surface area (Å²) in [6.45, 7) is 14.8. The van der Waals surface area contributed by atoms with Crippen molar-refractivity contribution in [1.82, 2.24) is 0 Å². The van der Waals surface area contributed by atoms with Crippen LogP contribution in [0.2, 0.25) is 0 Å². The first-order chi connectivity index (χ1) is 40.8. The van der Waals surface area contributed by atoms with Gasteiger partial charge in [-0.05, 0) is 197 Å². The Labute approximate surface area is 490 Å². The fourth-order valence-corrected chi connectivity index (χ4v) is 15.4. The zero-order valence-electron chi connectivity index (χ0n) is 47.6. The van der Waals surface area contributed by atoms with Crippen LogP contribution in [-0.2, 0) is 10.8 Å². The first-order valence-electron chi connectivity index (χ1n) is 28.6. The standard InChI is InChI=1S/C78H56N6/c1-75(2,3)77(65-41-31-53-15-7-9-17-59(53)71(65)73-63-21-13-11-19-61(63)69(43-67(73)77)83(55-33-23-49(45-79)24-34-55)56-35-25-50(46-80)26-36-56)78(76(4,5)6)66-42-32-54-16-8-10-18-60(54)72(66)74-64-22-14-12-20-62(64)70(44-68(74)78)84(57-37-27-51(47-81)28-38-57)58-39-29-52(48-82)30-40-58/h7-44H,1-6H3. The fraction of sp³-hybridized carbons (Fsp3) is 0.128. The third-order valence-corrected chi connectivity index (χ3v) is 18.3. The van der Waals surface area contributed by atoms with Crippen LogP contribution in [0.3, 0.4) is 0 Å². The van der Waals surface area contributed by atoms with Gasteiger partial charge in [-0.3, -0.25) is 0 Å². The van der Waals surface area contributed by atoms with Gasteiger partial charge in [0.25, 0.3) is 0 Å². The molecule has 2 unspecified atom stereocenters. The molecule has 6 heteroatoms. The van der Waals surface area contributed by atoms with Gasteiger partial charge in [-0.2, -0.15) is 21.0 Å². The first kappa shape index (κ1) is 51.4. The smallest absolute Gasteiger partial charge is 0.0991 e. The molecule has 0 saturated carbocycles. The summed E-state index contributed by atoms with van der Waals surface area (Å²) in [7, 11) is 0. The minimum Gasteiger partial charge on any atom is -0.310 e. The van der Waals surface area contributed by atoms with Crippen molar-refractivity contribution in [3.8, 4) is 46.5 Å². The Hall–Kier alpha value is -10.8. The lowest BCUT2D eigenvalue weighted by Crippen LogP contribution is -2.62. The highest BCUT2D eigenvalue weighted by Crippen LogP contribution is 2.77. The second-order valence-electron chi connectivity index (χ2n) is 24.5. The molecule has 0 bridgehead atoms. The SMILES string of the molecule is CC(C)(C)C1(C2(C(C)(C)C)c3ccc4ccccc4c3-c3c2cc(N(c2ccc(C#N)cc2)c2ccc(C#N)cc2)c2ccccc32)c2ccc3ccccc3c2-c2c1cc(N(c1ccc(C#N)cc1)c1ccc(C#N)cc1)c1ccccc21. The van der Waals surface area contributed by atoms with Crippen LogP contribution >= 0.6 is 0 Å². The number of benzene rings is 12. The van der Waals surface area contributed by atoms with E-state index in [9.17, 15) is 21.0 Å². The topological polar surface area (TPSA) is 102 Å². The van der Waals surface area contributed by atoms with E-state index in [0.29, 0.717) is 22.3 Å². The maximum atomic E-state index is 10.1. The average molecular weight is 1080 g/mol. The highest BCUT2D eigenvalue weighted by molar-refractivity contribution is 6.19. The summed E-state index contributed by atoms with van der Waals surface area (Å²) >= 11 is 0. The maximum absolute atomic E-state index is 10.1. The molecule has 0 aliphatic heterocycles. The van der Waals surface area contributed by atoms with Gasteiger partial charge in [0.05, 0.1) is 57.9 Å². The van der Waals surface area contributed by atoms with E-state index in [1.807, 2.05) is 97.1 Å².